The molecule has 0 bridgehead atoms. The zero-order valence-corrected chi connectivity index (χ0v) is 19.5. The van der Waals surface area contributed by atoms with Crippen LogP contribution < -0.4 is 14.8 Å². The van der Waals surface area contributed by atoms with Gasteiger partial charge in [0.05, 0.1) is 29.3 Å². The predicted octanol–water partition coefficient (Wildman–Crippen LogP) is 4.74. The van der Waals surface area contributed by atoms with E-state index in [4.69, 9.17) is 25.8 Å². The number of thioether (sulfide) groups is 1. The van der Waals surface area contributed by atoms with Crippen LogP contribution in [0.25, 0.3) is 6.08 Å². The monoisotopic (exact) mass is 474 g/mol. The highest BCUT2D eigenvalue weighted by Crippen LogP contribution is 2.38. The summed E-state index contributed by atoms with van der Waals surface area (Å²) in [6.45, 7) is 3.77. The molecule has 0 saturated carbocycles. The van der Waals surface area contributed by atoms with E-state index in [2.05, 4.69) is 17.2 Å². The zero-order valence-electron chi connectivity index (χ0n) is 17.9. The molecule has 1 N–H and O–H groups in total. The lowest BCUT2D eigenvalue weighted by Gasteiger charge is -2.13. The Labute approximate surface area is 195 Å². The lowest BCUT2D eigenvalue weighted by atomic mass is 10.2. The lowest BCUT2D eigenvalue weighted by Crippen LogP contribution is -2.19. The van der Waals surface area contributed by atoms with Crippen LogP contribution in [0.15, 0.2) is 46.3 Å². The second-order valence-electron chi connectivity index (χ2n) is 6.63. The normalized spacial score (nSPS) is 15.7. The minimum atomic E-state index is -0.507. The summed E-state index contributed by atoms with van der Waals surface area (Å²) in [4.78, 5) is 28.9. The molecular weight excluding hydrogens is 452 g/mol. The summed E-state index contributed by atoms with van der Waals surface area (Å²) in [6, 6.07) is 11.2. The lowest BCUT2D eigenvalue weighted by molar-refractivity contribution is -0.145. The minimum absolute atomic E-state index is 0.227. The average molecular weight is 475 g/mol. The fraction of sp³-hybridized carbons (Fsp3) is 0.261. The van der Waals surface area contributed by atoms with Gasteiger partial charge in [-0.3, -0.25) is 4.79 Å². The number of carbonyl (C=O) groups excluding carboxylic acids is 2. The SMILES string of the molecule is CCOC(=O)COc1c(Cl)cc(/C=C2\SC(=Nc3ccc(CC)cc3)NC2=O)cc1OC. The average Bonchev–Trinajstić information content (AvgIpc) is 3.11. The molecule has 32 heavy (non-hydrogen) atoms. The molecular formula is C23H23ClN2O5S. The van der Waals surface area contributed by atoms with Crippen molar-refractivity contribution in [1.29, 1.82) is 0 Å². The van der Waals surface area contributed by atoms with Crippen LogP contribution >= 0.6 is 23.4 Å². The van der Waals surface area contributed by atoms with Crippen molar-refractivity contribution in [2.45, 2.75) is 20.3 Å². The molecule has 168 valence electrons. The number of hydrogen-bond acceptors (Lipinski definition) is 7. The number of hydrogen-bond donors (Lipinski definition) is 1. The Kier molecular flexibility index (Phi) is 8.19. The number of amides is 1. The molecule has 7 nitrogen and oxygen atoms in total. The number of ether oxygens (including phenoxy) is 3. The molecule has 1 amide bonds. The molecule has 3 rings (SSSR count). The van der Waals surface area contributed by atoms with E-state index < -0.39 is 5.97 Å². The summed E-state index contributed by atoms with van der Waals surface area (Å²) in [5.41, 5.74) is 2.62. The highest BCUT2D eigenvalue weighted by molar-refractivity contribution is 8.18. The van der Waals surface area contributed by atoms with Crippen LogP contribution in [-0.2, 0) is 20.7 Å². The van der Waals surface area contributed by atoms with E-state index in [0.717, 1.165) is 12.1 Å². The third-order valence-electron chi connectivity index (χ3n) is 4.42. The molecule has 0 spiro atoms. The molecule has 0 aromatic heterocycles. The molecule has 1 aliphatic heterocycles. The van der Waals surface area contributed by atoms with E-state index >= 15 is 0 Å². The third-order valence-corrected chi connectivity index (χ3v) is 5.61. The first kappa shape index (κ1) is 23.7. The molecule has 0 atom stereocenters. The van der Waals surface area contributed by atoms with Crippen LogP contribution in [0, 0.1) is 0 Å². The Bertz CT molecular complexity index is 1070. The second kappa shape index (κ2) is 11.1. The van der Waals surface area contributed by atoms with Crippen LogP contribution in [0.4, 0.5) is 5.69 Å². The van der Waals surface area contributed by atoms with Crippen molar-refractivity contribution < 1.29 is 23.8 Å². The maximum atomic E-state index is 12.4. The zero-order chi connectivity index (χ0) is 23.1. The van der Waals surface area contributed by atoms with Crippen molar-refractivity contribution >= 4 is 52.2 Å². The number of carbonyl (C=O) groups is 2. The molecule has 1 saturated heterocycles. The van der Waals surface area contributed by atoms with E-state index in [1.165, 1.54) is 24.4 Å². The Morgan fingerprint density at radius 1 is 1.22 bits per heavy atom. The Balaban J connectivity index is 1.78. The molecule has 1 heterocycles. The Morgan fingerprint density at radius 3 is 2.62 bits per heavy atom. The maximum absolute atomic E-state index is 12.4. The van der Waals surface area contributed by atoms with E-state index in [1.807, 2.05) is 24.3 Å². The molecule has 1 fully saturated rings. The first-order valence-corrected chi connectivity index (χ1v) is 11.2. The van der Waals surface area contributed by atoms with Crippen LogP contribution in [-0.4, -0.2) is 37.4 Å². The van der Waals surface area contributed by atoms with Gasteiger partial charge in [-0.05, 0) is 66.6 Å². The number of methoxy groups -OCH3 is 1. The second-order valence-corrected chi connectivity index (χ2v) is 8.07. The Morgan fingerprint density at radius 2 is 1.97 bits per heavy atom. The highest BCUT2D eigenvalue weighted by atomic mass is 35.5. The molecule has 1 aliphatic rings. The summed E-state index contributed by atoms with van der Waals surface area (Å²) in [5, 5.41) is 3.51. The number of nitrogens with one attached hydrogen (secondary N) is 1. The summed E-state index contributed by atoms with van der Waals surface area (Å²) >= 11 is 7.57. The maximum Gasteiger partial charge on any atom is 0.344 e. The molecule has 0 unspecified atom stereocenters. The van der Waals surface area contributed by atoms with Gasteiger partial charge in [-0.1, -0.05) is 30.7 Å². The smallest absolute Gasteiger partial charge is 0.344 e. The van der Waals surface area contributed by atoms with Crippen LogP contribution in [0.5, 0.6) is 11.5 Å². The summed E-state index contributed by atoms with van der Waals surface area (Å²) in [7, 11) is 1.46. The highest BCUT2D eigenvalue weighted by Gasteiger charge is 2.24. The summed E-state index contributed by atoms with van der Waals surface area (Å²) in [5.74, 6) is -0.198. The minimum Gasteiger partial charge on any atom is -0.493 e. The van der Waals surface area contributed by atoms with Crippen LogP contribution in [0.3, 0.4) is 0 Å². The van der Waals surface area contributed by atoms with Gasteiger partial charge >= 0.3 is 5.97 Å². The van der Waals surface area contributed by atoms with Gasteiger partial charge in [0.2, 0.25) is 0 Å². The number of rotatable bonds is 8. The van der Waals surface area contributed by atoms with Crippen molar-refractivity contribution in [3.63, 3.8) is 0 Å². The van der Waals surface area contributed by atoms with E-state index in [9.17, 15) is 9.59 Å². The van der Waals surface area contributed by atoms with Crippen molar-refractivity contribution in [2.75, 3.05) is 20.3 Å². The van der Waals surface area contributed by atoms with Crippen molar-refractivity contribution in [3.05, 3.63) is 57.5 Å². The molecule has 0 aliphatic carbocycles. The third kappa shape index (κ3) is 6.05. The molecule has 2 aromatic rings. The number of aliphatic imine (C=N–C) groups is 1. The van der Waals surface area contributed by atoms with Crippen LogP contribution in [0.2, 0.25) is 5.02 Å². The van der Waals surface area contributed by atoms with Gasteiger partial charge in [0.15, 0.2) is 23.3 Å². The molecule has 0 radical (unpaired) electrons. The van der Waals surface area contributed by atoms with Gasteiger partial charge in [0, 0.05) is 0 Å². The quantitative estimate of drug-likeness (QED) is 0.439. The van der Waals surface area contributed by atoms with E-state index in [0.29, 0.717) is 21.4 Å². The van der Waals surface area contributed by atoms with Gasteiger partial charge in [0.1, 0.15) is 0 Å². The first-order chi connectivity index (χ1) is 15.4. The molecule has 2 aromatic carbocycles. The standard InChI is InChI=1S/C23H23ClN2O5S/c1-4-14-6-8-16(9-7-14)25-23-26-22(28)19(32-23)12-15-10-17(24)21(18(11-15)29-3)31-13-20(27)30-5-2/h6-12H,4-5,13H2,1-3H3,(H,25,26,28)/b19-12-. The fourth-order valence-corrected chi connectivity index (χ4v) is 3.97. The van der Waals surface area contributed by atoms with Gasteiger partial charge in [0.25, 0.3) is 5.91 Å². The predicted molar refractivity (Wildman–Crippen MR) is 127 cm³/mol. The summed E-state index contributed by atoms with van der Waals surface area (Å²) < 4.78 is 15.7. The van der Waals surface area contributed by atoms with Crippen molar-refractivity contribution in [2.24, 2.45) is 4.99 Å². The van der Waals surface area contributed by atoms with Crippen LogP contribution in [0.1, 0.15) is 25.0 Å². The largest absolute Gasteiger partial charge is 0.493 e. The number of aryl methyl sites for hydroxylation is 1. The summed E-state index contributed by atoms with van der Waals surface area (Å²) in [6.07, 6.45) is 2.64. The number of halogens is 1. The van der Waals surface area contributed by atoms with E-state index in [-0.39, 0.29) is 29.9 Å². The number of benzene rings is 2. The van der Waals surface area contributed by atoms with Crippen molar-refractivity contribution in [3.8, 4) is 11.5 Å². The number of amidine groups is 1. The Hall–Kier alpha value is -2.97. The van der Waals surface area contributed by atoms with Gasteiger partial charge in [-0.25, -0.2) is 9.79 Å². The topological polar surface area (TPSA) is 86.2 Å². The van der Waals surface area contributed by atoms with Gasteiger partial charge in [-0.2, -0.15) is 0 Å². The van der Waals surface area contributed by atoms with Crippen molar-refractivity contribution in [1.82, 2.24) is 5.32 Å². The number of nitrogens with zero attached hydrogens (tertiary/aromatic N) is 1. The first-order valence-electron chi connectivity index (χ1n) is 9.98. The van der Waals surface area contributed by atoms with E-state index in [1.54, 1.807) is 25.1 Å². The van der Waals surface area contributed by atoms with Gasteiger partial charge < -0.3 is 19.5 Å². The molecule has 9 heteroatoms. The van der Waals surface area contributed by atoms with Gasteiger partial charge in [-0.15, -0.1) is 0 Å². The number of esters is 1. The fourth-order valence-electron chi connectivity index (χ4n) is 2.85.